The first-order valence-corrected chi connectivity index (χ1v) is 10.8. The predicted octanol–water partition coefficient (Wildman–Crippen LogP) is 4.21. The normalized spacial score (nSPS) is 18.0. The Hall–Kier alpha value is -1.95. The summed E-state index contributed by atoms with van der Waals surface area (Å²) in [5.41, 5.74) is 5.90. The fourth-order valence-corrected chi connectivity index (χ4v) is 4.53. The van der Waals surface area contributed by atoms with Crippen molar-refractivity contribution in [2.75, 3.05) is 27.2 Å². The molecule has 1 fully saturated rings. The zero-order chi connectivity index (χ0) is 20.4. The molecule has 0 saturated carbocycles. The highest BCUT2D eigenvalue weighted by molar-refractivity contribution is 6.30. The van der Waals surface area contributed by atoms with E-state index in [2.05, 4.69) is 58.5 Å². The minimum absolute atomic E-state index is 0.642. The summed E-state index contributed by atoms with van der Waals surface area (Å²) in [7, 11) is 4.17. The molecule has 3 aromatic rings. The van der Waals surface area contributed by atoms with Crippen molar-refractivity contribution in [1.82, 2.24) is 24.4 Å². The van der Waals surface area contributed by atoms with Crippen LogP contribution in [0.3, 0.4) is 0 Å². The minimum Gasteiger partial charge on any atom is -0.305 e. The van der Waals surface area contributed by atoms with E-state index >= 15 is 0 Å². The molecule has 5 nitrogen and oxygen atoms in total. The van der Waals surface area contributed by atoms with Crippen LogP contribution in [0.1, 0.15) is 35.4 Å². The van der Waals surface area contributed by atoms with Crippen LogP contribution in [0.2, 0.25) is 5.02 Å². The van der Waals surface area contributed by atoms with Gasteiger partial charge in [0.1, 0.15) is 0 Å². The first-order valence-electron chi connectivity index (χ1n) is 10.4. The number of benzene rings is 1. The van der Waals surface area contributed by atoms with Crippen LogP contribution in [0.4, 0.5) is 0 Å². The molecule has 4 rings (SSSR count). The van der Waals surface area contributed by atoms with Crippen molar-refractivity contribution in [3.8, 4) is 0 Å². The van der Waals surface area contributed by atoms with E-state index in [-0.39, 0.29) is 0 Å². The van der Waals surface area contributed by atoms with Crippen LogP contribution in [0.15, 0.2) is 36.5 Å². The van der Waals surface area contributed by atoms with Crippen LogP contribution in [0, 0.1) is 12.8 Å². The molecule has 0 aliphatic carbocycles. The van der Waals surface area contributed by atoms with Gasteiger partial charge in [-0.2, -0.15) is 5.10 Å². The highest BCUT2D eigenvalue weighted by Gasteiger charge is 2.22. The van der Waals surface area contributed by atoms with Crippen LogP contribution in [0.25, 0.3) is 5.65 Å². The Kier molecular flexibility index (Phi) is 6.18. The lowest BCUT2D eigenvalue weighted by Crippen LogP contribution is -2.36. The fourth-order valence-electron chi connectivity index (χ4n) is 4.41. The second-order valence-corrected chi connectivity index (χ2v) is 8.98. The zero-order valence-corrected chi connectivity index (χ0v) is 18.4. The van der Waals surface area contributed by atoms with Gasteiger partial charge in [-0.05, 0) is 76.5 Å². The molecule has 0 bridgehead atoms. The molecule has 0 N–H and O–H groups in total. The molecule has 1 aliphatic heterocycles. The van der Waals surface area contributed by atoms with E-state index in [0.717, 1.165) is 42.4 Å². The summed E-state index contributed by atoms with van der Waals surface area (Å²) in [4.78, 5) is 9.39. The average molecular weight is 412 g/mol. The summed E-state index contributed by atoms with van der Waals surface area (Å²) in [5.74, 6) is 0.642. The van der Waals surface area contributed by atoms with Crippen LogP contribution in [0.5, 0.6) is 0 Å². The van der Waals surface area contributed by atoms with Gasteiger partial charge in [0, 0.05) is 42.1 Å². The van der Waals surface area contributed by atoms with Crippen molar-refractivity contribution in [2.45, 2.75) is 39.3 Å². The van der Waals surface area contributed by atoms with Gasteiger partial charge in [-0.3, -0.25) is 4.90 Å². The Morgan fingerprint density at radius 3 is 2.72 bits per heavy atom. The van der Waals surface area contributed by atoms with Gasteiger partial charge >= 0.3 is 0 Å². The SMILES string of the molecule is Cc1nn2c(CC3CCCN(Cc4ccc(Cl)cc4)C3)ccnc2c1CN(C)C. The summed E-state index contributed by atoms with van der Waals surface area (Å²) in [5, 5.41) is 5.63. The molecule has 1 saturated heterocycles. The molecule has 1 atom stereocenters. The van der Waals surface area contributed by atoms with Crippen molar-refractivity contribution in [2.24, 2.45) is 5.92 Å². The summed E-state index contributed by atoms with van der Waals surface area (Å²) in [6.07, 6.45) is 5.50. The Balaban J connectivity index is 1.48. The largest absolute Gasteiger partial charge is 0.305 e. The third-order valence-electron chi connectivity index (χ3n) is 5.79. The summed E-state index contributed by atoms with van der Waals surface area (Å²) in [6, 6.07) is 10.4. The first kappa shape index (κ1) is 20.3. The van der Waals surface area contributed by atoms with Gasteiger partial charge < -0.3 is 4.90 Å². The van der Waals surface area contributed by atoms with Gasteiger partial charge in [-0.1, -0.05) is 23.7 Å². The molecule has 0 spiro atoms. The van der Waals surface area contributed by atoms with E-state index in [4.69, 9.17) is 16.7 Å². The number of fused-ring (bicyclic) bond motifs is 1. The van der Waals surface area contributed by atoms with Crippen molar-refractivity contribution >= 4 is 17.2 Å². The molecule has 1 unspecified atom stereocenters. The maximum absolute atomic E-state index is 6.03. The molecular formula is C23H30ClN5. The third kappa shape index (κ3) is 4.80. The Morgan fingerprint density at radius 1 is 1.17 bits per heavy atom. The van der Waals surface area contributed by atoms with Crippen molar-refractivity contribution in [3.05, 3.63) is 64.1 Å². The molecule has 0 amide bonds. The molecule has 6 heteroatoms. The van der Waals surface area contributed by atoms with Crippen LogP contribution >= 0.6 is 11.6 Å². The third-order valence-corrected chi connectivity index (χ3v) is 6.04. The van der Waals surface area contributed by atoms with Gasteiger partial charge in [-0.15, -0.1) is 0 Å². The predicted molar refractivity (Wildman–Crippen MR) is 118 cm³/mol. The first-order chi connectivity index (χ1) is 14.0. The number of hydrogen-bond donors (Lipinski definition) is 0. The number of piperidine rings is 1. The lowest BCUT2D eigenvalue weighted by Gasteiger charge is -2.32. The number of likely N-dealkylation sites (tertiary alicyclic amines) is 1. The van der Waals surface area contributed by atoms with E-state index in [1.165, 1.54) is 36.2 Å². The average Bonchev–Trinajstić information content (AvgIpc) is 3.00. The van der Waals surface area contributed by atoms with Crippen molar-refractivity contribution < 1.29 is 0 Å². The standard InChI is InChI=1S/C23H30ClN5/c1-17-22(16-27(2)3)23-25-11-10-21(29(23)26-17)13-19-5-4-12-28(15-19)14-18-6-8-20(24)9-7-18/h6-11,19H,4-5,12-16H2,1-3H3. The Labute approximate surface area is 178 Å². The van der Waals surface area contributed by atoms with Crippen molar-refractivity contribution in [1.29, 1.82) is 0 Å². The fraction of sp³-hybridized carbons (Fsp3) is 0.478. The van der Waals surface area contributed by atoms with E-state index in [1.54, 1.807) is 0 Å². The van der Waals surface area contributed by atoms with E-state index < -0.39 is 0 Å². The highest BCUT2D eigenvalue weighted by Crippen LogP contribution is 2.24. The Morgan fingerprint density at radius 2 is 1.97 bits per heavy atom. The molecular weight excluding hydrogens is 382 g/mol. The van der Waals surface area contributed by atoms with E-state index in [1.807, 2.05) is 18.3 Å². The monoisotopic (exact) mass is 411 g/mol. The van der Waals surface area contributed by atoms with Gasteiger partial charge in [0.25, 0.3) is 0 Å². The minimum atomic E-state index is 0.642. The van der Waals surface area contributed by atoms with Crippen LogP contribution in [-0.4, -0.2) is 51.6 Å². The van der Waals surface area contributed by atoms with Gasteiger partial charge in [0.05, 0.1) is 5.69 Å². The van der Waals surface area contributed by atoms with Crippen LogP contribution in [-0.2, 0) is 19.5 Å². The van der Waals surface area contributed by atoms with E-state index in [9.17, 15) is 0 Å². The second kappa shape index (κ2) is 8.82. The topological polar surface area (TPSA) is 36.7 Å². The summed E-state index contributed by atoms with van der Waals surface area (Å²) in [6.45, 7) is 6.24. The maximum atomic E-state index is 6.03. The smallest absolute Gasteiger partial charge is 0.159 e. The van der Waals surface area contributed by atoms with Crippen LogP contribution < -0.4 is 0 Å². The molecule has 154 valence electrons. The number of rotatable bonds is 6. The Bertz CT molecular complexity index is 963. The lowest BCUT2D eigenvalue weighted by molar-refractivity contribution is 0.166. The number of hydrogen-bond acceptors (Lipinski definition) is 4. The van der Waals surface area contributed by atoms with Gasteiger partial charge in [-0.25, -0.2) is 9.50 Å². The van der Waals surface area contributed by atoms with Crippen molar-refractivity contribution in [3.63, 3.8) is 0 Å². The molecule has 0 radical (unpaired) electrons. The number of halogens is 1. The number of nitrogens with zero attached hydrogens (tertiary/aromatic N) is 5. The maximum Gasteiger partial charge on any atom is 0.159 e. The second-order valence-electron chi connectivity index (χ2n) is 8.55. The van der Waals surface area contributed by atoms with Gasteiger partial charge in [0.2, 0.25) is 0 Å². The summed E-state index contributed by atoms with van der Waals surface area (Å²) < 4.78 is 2.08. The summed E-state index contributed by atoms with van der Waals surface area (Å²) >= 11 is 6.03. The lowest BCUT2D eigenvalue weighted by atomic mass is 9.93. The molecule has 29 heavy (non-hydrogen) atoms. The number of aromatic nitrogens is 3. The molecule has 2 aromatic heterocycles. The zero-order valence-electron chi connectivity index (χ0n) is 17.6. The molecule has 1 aromatic carbocycles. The molecule has 1 aliphatic rings. The van der Waals surface area contributed by atoms with E-state index in [0.29, 0.717) is 5.92 Å². The highest BCUT2D eigenvalue weighted by atomic mass is 35.5. The quantitative estimate of drug-likeness (QED) is 0.608. The molecule has 3 heterocycles. The van der Waals surface area contributed by atoms with Gasteiger partial charge in [0.15, 0.2) is 5.65 Å². The number of aryl methyl sites for hydroxylation is 1.